The first-order valence-electron chi connectivity index (χ1n) is 6.63. The van der Waals surface area contributed by atoms with E-state index in [1.807, 2.05) is 24.4 Å². The van der Waals surface area contributed by atoms with Gasteiger partial charge in [-0.1, -0.05) is 22.0 Å². The number of anilines is 1. The number of nitrogens with one attached hydrogen (secondary N) is 2. The standard InChI is InChI=1S/C17H12BrFN2O/c18-12-5-6-16-15(8-12)11(10-20-16)4-7-17(22)21-14-3-1-2-13(19)9-14/h1-10,20H,(H,21,22)/b7-4+. The highest BCUT2D eigenvalue weighted by molar-refractivity contribution is 9.10. The van der Waals surface area contributed by atoms with E-state index in [-0.39, 0.29) is 11.7 Å². The molecule has 3 aromatic rings. The largest absolute Gasteiger partial charge is 0.361 e. The molecule has 0 fully saturated rings. The topological polar surface area (TPSA) is 44.9 Å². The van der Waals surface area contributed by atoms with E-state index in [1.54, 1.807) is 18.2 Å². The Balaban J connectivity index is 1.77. The Morgan fingerprint density at radius 2 is 2.09 bits per heavy atom. The number of aromatic amines is 1. The zero-order valence-corrected chi connectivity index (χ0v) is 13.0. The molecule has 1 amide bonds. The van der Waals surface area contributed by atoms with Gasteiger partial charge in [-0.05, 0) is 48.0 Å². The number of amides is 1. The molecule has 110 valence electrons. The lowest BCUT2D eigenvalue weighted by molar-refractivity contribution is -0.111. The molecule has 0 radical (unpaired) electrons. The number of carbonyl (C=O) groups is 1. The van der Waals surface area contributed by atoms with Crippen LogP contribution >= 0.6 is 15.9 Å². The lowest BCUT2D eigenvalue weighted by atomic mass is 10.1. The van der Waals surface area contributed by atoms with Crippen molar-refractivity contribution in [3.63, 3.8) is 0 Å². The molecular weight excluding hydrogens is 347 g/mol. The highest BCUT2D eigenvalue weighted by Crippen LogP contribution is 2.23. The van der Waals surface area contributed by atoms with E-state index >= 15 is 0 Å². The first kappa shape index (κ1) is 14.5. The van der Waals surface area contributed by atoms with Crippen molar-refractivity contribution in [1.82, 2.24) is 4.98 Å². The minimum absolute atomic E-state index is 0.310. The molecule has 22 heavy (non-hydrogen) atoms. The van der Waals surface area contributed by atoms with Gasteiger partial charge in [0.25, 0.3) is 0 Å². The predicted molar refractivity (Wildman–Crippen MR) is 90.1 cm³/mol. The maximum absolute atomic E-state index is 13.1. The maximum atomic E-state index is 13.1. The van der Waals surface area contributed by atoms with Crippen molar-refractivity contribution >= 4 is 44.5 Å². The minimum Gasteiger partial charge on any atom is -0.361 e. The molecule has 5 heteroatoms. The highest BCUT2D eigenvalue weighted by Gasteiger charge is 2.03. The van der Waals surface area contributed by atoms with Crippen molar-refractivity contribution in [2.45, 2.75) is 0 Å². The molecule has 0 atom stereocenters. The van der Waals surface area contributed by atoms with Crippen LogP contribution in [-0.4, -0.2) is 10.9 Å². The third kappa shape index (κ3) is 3.26. The number of carbonyl (C=O) groups excluding carboxylic acids is 1. The van der Waals surface area contributed by atoms with Crippen LogP contribution in [0.2, 0.25) is 0 Å². The van der Waals surface area contributed by atoms with Crippen LogP contribution in [0, 0.1) is 5.82 Å². The third-order valence-electron chi connectivity index (χ3n) is 3.18. The summed E-state index contributed by atoms with van der Waals surface area (Å²) in [5.41, 5.74) is 2.33. The number of benzene rings is 2. The van der Waals surface area contributed by atoms with Crippen molar-refractivity contribution < 1.29 is 9.18 Å². The number of halogens is 2. The molecule has 1 aromatic heterocycles. The summed E-state index contributed by atoms with van der Waals surface area (Å²) in [6.45, 7) is 0. The summed E-state index contributed by atoms with van der Waals surface area (Å²) in [7, 11) is 0. The van der Waals surface area contributed by atoms with Gasteiger partial charge in [-0.3, -0.25) is 4.79 Å². The lowest BCUT2D eigenvalue weighted by Gasteiger charge is -2.01. The van der Waals surface area contributed by atoms with Crippen molar-refractivity contribution in [2.24, 2.45) is 0 Å². The molecule has 3 rings (SSSR count). The van der Waals surface area contributed by atoms with E-state index in [4.69, 9.17) is 0 Å². The number of aromatic nitrogens is 1. The second-order valence-corrected chi connectivity index (χ2v) is 5.68. The smallest absolute Gasteiger partial charge is 0.248 e. The number of rotatable bonds is 3. The monoisotopic (exact) mass is 358 g/mol. The molecule has 0 unspecified atom stereocenters. The van der Waals surface area contributed by atoms with Gasteiger partial charge in [0.05, 0.1) is 0 Å². The van der Waals surface area contributed by atoms with E-state index in [0.29, 0.717) is 5.69 Å². The zero-order valence-electron chi connectivity index (χ0n) is 11.4. The Labute approximate surface area is 135 Å². The average molecular weight is 359 g/mol. The second-order valence-electron chi connectivity index (χ2n) is 4.77. The number of fused-ring (bicyclic) bond motifs is 1. The Morgan fingerprint density at radius 3 is 2.91 bits per heavy atom. The first-order chi connectivity index (χ1) is 10.6. The molecule has 0 aliphatic heterocycles. The highest BCUT2D eigenvalue weighted by atomic mass is 79.9. The second kappa shape index (κ2) is 6.15. The van der Waals surface area contributed by atoms with Gasteiger partial charge in [-0.2, -0.15) is 0 Å². The SMILES string of the molecule is O=C(/C=C/c1c[nH]c2ccc(Br)cc12)Nc1cccc(F)c1. The van der Waals surface area contributed by atoms with Crippen LogP contribution in [0.3, 0.4) is 0 Å². The Hall–Kier alpha value is -2.40. The molecule has 0 bridgehead atoms. The predicted octanol–water partition coefficient (Wildman–Crippen LogP) is 4.72. The van der Waals surface area contributed by atoms with Gasteiger partial charge in [-0.15, -0.1) is 0 Å². The number of H-pyrrole nitrogens is 1. The van der Waals surface area contributed by atoms with Gasteiger partial charge in [0.1, 0.15) is 5.82 Å². The average Bonchev–Trinajstić information content (AvgIpc) is 2.87. The Kier molecular flexibility index (Phi) is 4.06. The van der Waals surface area contributed by atoms with Crippen LogP contribution in [0.1, 0.15) is 5.56 Å². The van der Waals surface area contributed by atoms with E-state index < -0.39 is 0 Å². The van der Waals surface area contributed by atoms with Gasteiger partial charge >= 0.3 is 0 Å². The van der Waals surface area contributed by atoms with Crippen LogP contribution < -0.4 is 5.32 Å². The van der Waals surface area contributed by atoms with Crippen molar-refractivity contribution in [3.05, 3.63) is 70.6 Å². The lowest BCUT2D eigenvalue weighted by Crippen LogP contribution is -2.07. The normalized spacial score (nSPS) is 11.2. The van der Waals surface area contributed by atoms with Gasteiger partial charge < -0.3 is 10.3 Å². The maximum Gasteiger partial charge on any atom is 0.248 e. The van der Waals surface area contributed by atoms with Crippen LogP contribution in [0.4, 0.5) is 10.1 Å². The summed E-state index contributed by atoms with van der Waals surface area (Å²) in [5, 5.41) is 3.64. The number of hydrogen-bond donors (Lipinski definition) is 2. The quantitative estimate of drug-likeness (QED) is 0.653. The van der Waals surface area contributed by atoms with E-state index in [2.05, 4.69) is 26.2 Å². The molecule has 0 saturated carbocycles. The van der Waals surface area contributed by atoms with Gasteiger partial charge in [0.2, 0.25) is 5.91 Å². The van der Waals surface area contributed by atoms with Gasteiger partial charge in [-0.25, -0.2) is 4.39 Å². The van der Waals surface area contributed by atoms with Crippen molar-refractivity contribution in [1.29, 1.82) is 0 Å². The van der Waals surface area contributed by atoms with Gasteiger partial charge in [0.15, 0.2) is 0 Å². The van der Waals surface area contributed by atoms with Crippen LogP contribution in [-0.2, 0) is 4.79 Å². The van der Waals surface area contributed by atoms with E-state index in [1.165, 1.54) is 18.2 Å². The van der Waals surface area contributed by atoms with E-state index in [0.717, 1.165) is 20.9 Å². The summed E-state index contributed by atoms with van der Waals surface area (Å²) in [6, 6.07) is 11.7. The molecule has 0 aliphatic rings. The summed E-state index contributed by atoms with van der Waals surface area (Å²) in [5.74, 6) is -0.696. The number of hydrogen-bond acceptors (Lipinski definition) is 1. The van der Waals surface area contributed by atoms with Crippen LogP contribution in [0.5, 0.6) is 0 Å². The fourth-order valence-corrected chi connectivity index (χ4v) is 2.53. The fourth-order valence-electron chi connectivity index (χ4n) is 2.17. The molecule has 2 N–H and O–H groups in total. The van der Waals surface area contributed by atoms with E-state index in [9.17, 15) is 9.18 Å². The molecule has 1 heterocycles. The Bertz CT molecular complexity index is 870. The summed E-state index contributed by atoms with van der Waals surface area (Å²) in [6.07, 6.45) is 4.98. The molecule has 2 aromatic carbocycles. The van der Waals surface area contributed by atoms with Crippen molar-refractivity contribution in [3.8, 4) is 0 Å². The fraction of sp³-hybridized carbons (Fsp3) is 0. The van der Waals surface area contributed by atoms with Crippen LogP contribution in [0.15, 0.2) is 59.2 Å². The summed E-state index contributed by atoms with van der Waals surface area (Å²) >= 11 is 3.43. The summed E-state index contributed by atoms with van der Waals surface area (Å²) < 4.78 is 14.0. The Morgan fingerprint density at radius 1 is 1.23 bits per heavy atom. The van der Waals surface area contributed by atoms with Crippen molar-refractivity contribution in [2.75, 3.05) is 5.32 Å². The summed E-state index contributed by atoms with van der Waals surface area (Å²) in [4.78, 5) is 15.0. The molecule has 0 spiro atoms. The van der Waals surface area contributed by atoms with Crippen LogP contribution in [0.25, 0.3) is 17.0 Å². The molecular formula is C17H12BrFN2O. The first-order valence-corrected chi connectivity index (χ1v) is 7.42. The third-order valence-corrected chi connectivity index (χ3v) is 3.68. The minimum atomic E-state index is -0.386. The zero-order chi connectivity index (χ0) is 15.5. The van der Waals surface area contributed by atoms with Gasteiger partial charge in [0, 0.05) is 33.3 Å². The molecule has 0 saturated heterocycles. The molecule has 0 aliphatic carbocycles. The molecule has 3 nitrogen and oxygen atoms in total.